The van der Waals surface area contributed by atoms with Crippen LogP contribution in [0, 0.1) is 6.92 Å². The van der Waals surface area contributed by atoms with E-state index in [1.165, 1.54) is 6.08 Å². The average molecular weight is 180 g/mol. The van der Waals surface area contributed by atoms with E-state index in [-0.39, 0.29) is 5.97 Å². The van der Waals surface area contributed by atoms with Gasteiger partial charge in [0.25, 0.3) is 0 Å². The van der Waals surface area contributed by atoms with Crippen molar-refractivity contribution < 1.29 is 13.9 Å². The standard InChI is InChI=1S/C10H12O3/c1-3-12-10(11)5-4-9-8(2)6-7-13-9/h4-7H,3H2,1-2H3. The van der Waals surface area contributed by atoms with Crippen molar-refractivity contribution in [1.82, 2.24) is 0 Å². The molecule has 0 amide bonds. The second kappa shape index (κ2) is 4.50. The van der Waals surface area contributed by atoms with Crippen LogP contribution in [0.3, 0.4) is 0 Å². The molecule has 0 saturated carbocycles. The van der Waals surface area contributed by atoms with Gasteiger partial charge in [-0.15, -0.1) is 0 Å². The zero-order valence-corrected chi connectivity index (χ0v) is 7.74. The third kappa shape index (κ3) is 2.78. The first-order valence-electron chi connectivity index (χ1n) is 4.13. The lowest BCUT2D eigenvalue weighted by Gasteiger charge is -1.93. The van der Waals surface area contributed by atoms with E-state index in [2.05, 4.69) is 0 Å². The van der Waals surface area contributed by atoms with E-state index < -0.39 is 0 Å². The van der Waals surface area contributed by atoms with Crippen molar-refractivity contribution >= 4 is 12.0 Å². The van der Waals surface area contributed by atoms with Crippen molar-refractivity contribution in [3.8, 4) is 0 Å². The lowest BCUT2D eigenvalue weighted by atomic mass is 10.2. The first kappa shape index (κ1) is 9.58. The normalized spacial score (nSPS) is 10.6. The van der Waals surface area contributed by atoms with Crippen LogP contribution in [0.1, 0.15) is 18.2 Å². The molecule has 1 aromatic heterocycles. The summed E-state index contributed by atoms with van der Waals surface area (Å²) < 4.78 is 9.81. The molecule has 0 aliphatic heterocycles. The fourth-order valence-corrected chi connectivity index (χ4v) is 0.889. The molecule has 0 N–H and O–H groups in total. The van der Waals surface area contributed by atoms with Gasteiger partial charge in [-0.1, -0.05) is 0 Å². The van der Waals surface area contributed by atoms with E-state index >= 15 is 0 Å². The number of esters is 1. The summed E-state index contributed by atoms with van der Waals surface area (Å²) in [7, 11) is 0. The Balaban J connectivity index is 2.58. The van der Waals surface area contributed by atoms with Crippen LogP contribution in [-0.4, -0.2) is 12.6 Å². The number of carbonyl (C=O) groups excluding carboxylic acids is 1. The van der Waals surface area contributed by atoms with Gasteiger partial charge in [-0.3, -0.25) is 0 Å². The summed E-state index contributed by atoms with van der Waals surface area (Å²) in [5, 5.41) is 0. The molecule has 0 aromatic carbocycles. The van der Waals surface area contributed by atoms with Gasteiger partial charge in [0.2, 0.25) is 0 Å². The Hall–Kier alpha value is -1.51. The Morgan fingerprint density at radius 3 is 3.00 bits per heavy atom. The molecular weight excluding hydrogens is 168 g/mol. The molecule has 3 nitrogen and oxygen atoms in total. The summed E-state index contributed by atoms with van der Waals surface area (Å²) in [4.78, 5) is 10.9. The zero-order chi connectivity index (χ0) is 9.68. The van der Waals surface area contributed by atoms with Gasteiger partial charge in [0.1, 0.15) is 5.76 Å². The molecule has 0 spiro atoms. The first-order chi connectivity index (χ1) is 6.24. The Morgan fingerprint density at radius 2 is 2.46 bits per heavy atom. The van der Waals surface area contributed by atoms with Crippen LogP contribution in [0.15, 0.2) is 22.8 Å². The largest absolute Gasteiger partial charge is 0.465 e. The monoisotopic (exact) mass is 180 g/mol. The van der Waals surface area contributed by atoms with Gasteiger partial charge in [0.05, 0.1) is 12.9 Å². The molecule has 13 heavy (non-hydrogen) atoms. The minimum Gasteiger partial charge on any atom is -0.465 e. The lowest BCUT2D eigenvalue weighted by Crippen LogP contribution is -1.98. The fraction of sp³-hybridized carbons (Fsp3) is 0.300. The summed E-state index contributed by atoms with van der Waals surface area (Å²) in [5.41, 5.74) is 1.00. The minimum atomic E-state index is -0.349. The Bertz CT molecular complexity index is 310. The van der Waals surface area contributed by atoms with Crippen molar-refractivity contribution in [2.75, 3.05) is 6.61 Å². The van der Waals surface area contributed by atoms with E-state index in [9.17, 15) is 4.79 Å². The van der Waals surface area contributed by atoms with Crippen LogP contribution in [0.5, 0.6) is 0 Å². The molecule has 0 bridgehead atoms. The second-order valence-electron chi connectivity index (χ2n) is 2.55. The highest BCUT2D eigenvalue weighted by atomic mass is 16.5. The Kier molecular flexibility index (Phi) is 3.31. The van der Waals surface area contributed by atoms with E-state index in [0.717, 1.165) is 5.56 Å². The highest BCUT2D eigenvalue weighted by molar-refractivity contribution is 5.86. The maximum Gasteiger partial charge on any atom is 0.330 e. The molecule has 1 rings (SSSR count). The summed E-state index contributed by atoms with van der Waals surface area (Å²) in [6, 6.07) is 1.84. The van der Waals surface area contributed by atoms with Crippen molar-refractivity contribution in [3.05, 3.63) is 29.7 Å². The number of carbonyl (C=O) groups is 1. The van der Waals surface area contributed by atoms with Crippen LogP contribution in [-0.2, 0) is 9.53 Å². The number of rotatable bonds is 3. The van der Waals surface area contributed by atoms with Gasteiger partial charge in [-0.05, 0) is 31.6 Å². The number of hydrogen-bond acceptors (Lipinski definition) is 3. The topological polar surface area (TPSA) is 39.4 Å². The van der Waals surface area contributed by atoms with Crippen LogP contribution in [0.25, 0.3) is 6.08 Å². The molecule has 0 saturated heterocycles. The summed E-state index contributed by atoms with van der Waals surface area (Å²) >= 11 is 0. The summed E-state index contributed by atoms with van der Waals surface area (Å²) in [5.74, 6) is 0.339. The molecule has 0 unspecified atom stereocenters. The molecule has 0 aliphatic carbocycles. The third-order valence-electron chi connectivity index (χ3n) is 1.56. The predicted molar refractivity (Wildman–Crippen MR) is 49.1 cm³/mol. The van der Waals surface area contributed by atoms with Crippen molar-refractivity contribution in [1.29, 1.82) is 0 Å². The molecule has 0 atom stereocenters. The summed E-state index contributed by atoms with van der Waals surface area (Å²) in [6.45, 7) is 4.07. The van der Waals surface area contributed by atoms with E-state index in [4.69, 9.17) is 9.15 Å². The molecule has 0 fully saturated rings. The van der Waals surface area contributed by atoms with Gasteiger partial charge in [0, 0.05) is 6.08 Å². The molecule has 70 valence electrons. The minimum absolute atomic E-state index is 0.349. The van der Waals surface area contributed by atoms with Crippen LogP contribution >= 0.6 is 0 Å². The maximum atomic E-state index is 10.9. The van der Waals surface area contributed by atoms with Gasteiger partial charge < -0.3 is 9.15 Å². The highest BCUT2D eigenvalue weighted by Gasteiger charge is 1.98. The first-order valence-corrected chi connectivity index (χ1v) is 4.13. The van der Waals surface area contributed by atoms with Gasteiger partial charge in [0.15, 0.2) is 0 Å². The number of furan rings is 1. The molecule has 0 aliphatic rings. The molecule has 1 aromatic rings. The van der Waals surface area contributed by atoms with Gasteiger partial charge in [-0.25, -0.2) is 4.79 Å². The van der Waals surface area contributed by atoms with Crippen molar-refractivity contribution in [2.24, 2.45) is 0 Å². The summed E-state index contributed by atoms with van der Waals surface area (Å²) in [6.07, 6.45) is 4.54. The van der Waals surface area contributed by atoms with Crippen LogP contribution in [0.2, 0.25) is 0 Å². The highest BCUT2D eigenvalue weighted by Crippen LogP contribution is 2.10. The zero-order valence-electron chi connectivity index (χ0n) is 7.74. The number of ether oxygens (including phenoxy) is 1. The van der Waals surface area contributed by atoms with Crippen LogP contribution < -0.4 is 0 Å². The molecule has 1 heterocycles. The van der Waals surface area contributed by atoms with E-state index in [1.807, 2.05) is 13.0 Å². The van der Waals surface area contributed by atoms with Gasteiger partial charge in [-0.2, -0.15) is 0 Å². The Morgan fingerprint density at radius 1 is 1.69 bits per heavy atom. The third-order valence-corrected chi connectivity index (χ3v) is 1.56. The average Bonchev–Trinajstić information content (AvgIpc) is 2.48. The fourth-order valence-electron chi connectivity index (χ4n) is 0.889. The van der Waals surface area contributed by atoms with Crippen molar-refractivity contribution in [2.45, 2.75) is 13.8 Å². The quantitative estimate of drug-likeness (QED) is 0.528. The number of hydrogen-bond donors (Lipinski definition) is 0. The van der Waals surface area contributed by atoms with Gasteiger partial charge >= 0.3 is 5.97 Å². The molecule has 0 radical (unpaired) electrons. The Labute approximate surface area is 77.0 Å². The van der Waals surface area contributed by atoms with Crippen LogP contribution in [0.4, 0.5) is 0 Å². The smallest absolute Gasteiger partial charge is 0.330 e. The molecular formula is C10H12O3. The lowest BCUT2D eigenvalue weighted by molar-refractivity contribution is -0.137. The van der Waals surface area contributed by atoms with E-state index in [1.54, 1.807) is 19.3 Å². The SMILES string of the molecule is CCOC(=O)C=Cc1occc1C. The predicted octanol–water partition coefficient (Wildman–Crippen LogP) is 2.16. The maximum absolute atomic E-state index is 10.9. The van der Waals surface area contributed by atoms with E-state index in [0.29, 0.717) is 12.4 Å². The van der Waals surface area contributed by atoms with Crippen molar-refractivity contribution in [3.63, 3.8) is 0 Å². The number of aryl methyl sites for hydroxylation is 1. The molecule has 3 heteroatoms. The second-order valence-corrected chi connectivity index (χ2v) is 2.55.